The van der Waals surface area contributed by atoms with E-state index >= 15 is 0 Å². The molecule has 0 bridgehead atoms. The molecule has 0 fully saturated rings. The maximum Gasteiger partial charge on any atom is 0.341 e. The lowest BCUT2D eigenvalue weighted by molar-refractivity contribution is 0.0691. The Morgan fingerprint density at radius 3 is 2.72 bits per heavy atom. The molecule has 2 aromatic rings. The second-order valence-electron chi connectivity index (χ2n) is 3.61. The number of aromatic carboxylic acids is 1. The Balaban J connectivity index is 2.11. The van der Waals surface area contributed by atoms with Crippen molar-refractivity contribution >= 4 is 17.6 Å². The van der Waals surface area contributed by atoms with Crippen LogP contribution in [0, 0.1) is 6.92 Å². The highest BCUT2D eigenvalue weighted by molar-refractivity contribution is 6.30. The first-order chi connectivity index (χ1) is 8.58. The lowest BCUT2D eigenvalue weighted by atomic mass is 10.2. The van der Waals surface area contributed by atoms with Gasteiger partial charge in [-0.05, 0) is 31.2 Å². The fourth-order valence-electron chi connectivity index (χ4n) is 1.47. The molecule has 2 rings (SSSR count). The summed E-state index contributed by atoms with van der Waals surface area (Å²) in [7, 11) is 0. The molecule has 0 unspecified atom stereocenters. The maximum absolute atomic E-state index is 11.0. The predicted molar refractivity (Wildman–Crippen MR) is 64.0 cm³/mol. The number of halogens is 1. The van der Waals surface area contributed by atoms with Crippen LogP contribution in [0.5, 0.6) is 5.75 Å². The summed E-state index contributed by atoms with van der Waals surface area (Å²) < 4.78 is 10.3. The number of carboxylic acid groups (broad SMARTS) is 1. The highest BCUT2D eigenvalue weighted by Crippen LogP contribution is 2.19. The SMILES string of the molecule is Cc1noc(COc2ccc(Cl)cc2)c1C(=O)O. The van der Waals surface area contributed by atoms with Gasteiger partial charge in [0.2, 0.25) is 0 Å². The molecule has 0 aliphatic rings. The summed E-state index contributed by atoms with van der Waals surface area (Å²) in [6, 6.07) is 6.74. The van der Waals surface area contributed by atoms with Gasteiger partial charge in [0.15, 0.2) is 5.76 Å². The van der Waals surface area contributed by atoms with Gasteiger partial charge >= 0.3 is 5.97 Å². The summed E-state index contributed by atoms with van der Waals surface area (Å²) in [5.41, 5.74) is 0.376. The van der Waals surface area contributed by atoms with Crippen LogP contribution in [0.1, 0.15) is 21.8 Å². The number of carbonyl (C=O) groups is 1. The Kier molecular flexibility index (Phi) is 3.53. The number of aromatic nitrogens is 1. The molecule has 0 saturated heterocycles. The number of aryl methyl sites for hydroxylation is 1. The van der Waals surface area contributed by atoms with Gasteiger partial charge in [0, 0.05) is 5.02 Å². The molecule has 5 nitrogen and oxygen atoms in total. The van der Waals surface area contributed by atoms with Gasteiger partial charge in [-0.25, -0.2) is 4.79 Å². The van der Waals surface area contributed by atoms with E-state index in [1.54, 1.807) is 31.2 Å². The van der Waals surface area contributed by atoms with Crippen LogP contribution in [0.15, 0.2) is 28.8 Å². The van der Waals surface area contributed by atoms with Crippen LogP contribution in [0.3, 0.4) is 0 Å². The molecule has 0 radical (unpaired) electrons. The standard InChI is InChI=1S/C12H10ClNO4/c1-7-11(12(15)16)10(18-14-7)6-17-9-4-2-8(13)3-5-9/h2-5H,6H2,1H3,(H,15,16). The van der Waals surface area contributed by atoms with Crippen molar-refractivity contribution in [3.05, 3.63) is 46.3 Å². The summed E-state index contributed by atoms with van der Waals surface area (Å²) >= 11 is 5.74. The molecular weight excluding hydrogens is 258 g/mol. The van der Waals surface area contributed by atoms with E-state index < -0.39 is 5.97 Å². The first-order valence-corrected chi connectivity index (χ1v) is 5.52. The second kappa shape index (κ2) is 5.10. The van der Waals surface area contributed by atoms with Gasteiger partial charge in [0.05, 0.1) is 5.69 Å². The van der Waals surface area contributed by atoms with Crippen molar-refractivity contribution in [1.29, 1.82) is 0 Å². The molecule has 0 spiro atoms. The molecule has 0 atom stereocenters. The van der Waals surface area contributed by atoms with Crippen molar-refractivity contribution in [2.75, 3.05) is 0 Å². The minimum atomic E-state index is -1.08. The fraction of sp³-hybridized carbons (Fsp3) is 0.167. The first kappa shape index (κ1) is 12.4. The molecule has 0 saturated carbocycles. The molecule has 94 valence electrons. The van der Waals surface area contributed by atoms with Gasteiger partial charge < -0.3 is 14.4 Å². The van der Waals surface area contributed by atoms with Crippen LogP contribution >= 0.6 is 11.6 Å². The van der Waals surface area contributed by atoms with Crippen LogP contribution in [0.25, 0.3) is 0 Å². The molecule has 0 aliphatic carbocycles. The van der Waals surface area contributed by atoms with Gasteiger partial charge in [-0.15, -0.1) is 0 Å². The molecule has 0 aliphatic heterocycles. The topological polar surface area (TPSA) is 72.6 Å². The molecule has 1 aromatic carbocycles. The van der Waals surface area contributed by atoms with E-state index in [0.29, 0.717) is 16.5 Å². The number of benzene rings is 1. The summed E-state index contributed by atoms with van der Waals surface area (Å²) in [5.74, 6) is -0.316. The van der Waals surface area contributed by atoms with E-state index in [2.05, 4.69) is 5.16 Å². The predicted octanol–water partition coefficient (Wildman–Crippen LogP) is 2.91. The van der Waals surface area contributed by atoms with Gasteiger partial charge in [0.25, 0.3) is 0 Å². The maximum atomic E-state index is 11.0. The average molecular weight is 268 g/mol. The lowest BCUT2D eigenvalue weighted by Crippen LogP contribution is -2.04. The first-order valence-electron chi connectivity index (χ1n) is 5.14. The summed E-state index contributed by atoms with van der Waals surface area (Å²) in [4.78, 5) is 11.0. The van der Waals surface area contributed by atoms with Gasteiger partial charge in [-0.2, -0.15) is 0 Å². The summed E-state index contributed by atoms with van der Waals surface area (Å²) in [6.07, 6.45) is 0. The molecule has 1 heterocycles. The van der Waals surface area contributed by atoms with E-state index in [0.717, 1.165) is 0 Å². The fourth-order valence-corrected chi connectivity index (χ4v) is 1.59. The molecule has 0 amide bonds. The number of hydrogen-bond donors (Lipinski definition) is 1. The van der Waals surface area contributed by atoms with E-state index in [1.165, 1.54) is 0 Å². The molecule has 1 aromatic heterocycles. The second-order valence-corrected chi connectivity index (χ2v) is 4.05. The van der Waals surface area contributed by atoms with E-state index in [4.69, 9.17) is 26.0 Å². The van der Waals surface area contributed by atoms with Crippen molar-refractivity contribution in [3.63, 3.8) is 0 Å². The zero-order valence-electron chi connectivity index (χ0n) is 9.51. The summed E-state index contributed by atoms with van der Waals surface area (Å²) in [5, 5.41) is 13.2. The lowest BCUT2D eigenvalue weighted by Gasteiger charge is -2.04. The van der Waals surface area contributed by atoms with E-state index in [1.807, 2.05) is 0 Å². The normalized spacial score (nSPS) is 10.3. The van der Waals surface area contributed by atoms with Crippen LogP contribution < -0.4 is 4.74 Å². The van der Waals surface area contributed by atoms with Crippen molar-refractivity contribution < 1.29 is 19.2 Å². The van der Waals surface area contributed by atoms with Crippen molar-refractivity contribution in [2.45, 2.75) is 13.5 Å². The van der Waals surface area contributed by atoms with Crippen molar-refractivity contribution in [2.24, 2.45) is 0 Å². The van der Waals surface area contributed by atoms with Crippen LogP contribution in [0.4, 0.5) is 0 Å². The van der Waals surface area contributed by atoms with Gasteiger partial charge in [-0.3, -0.25) is 0 Å². The third-order valence-electron chi connectivity index (χ3n) is 2.33. The monoisotopic (exact) mass is 267 g/mol. The Morgan fingerprint density at radius 2 is 2.11 bits per heavy atom. The number of ether oxygens (including phenoxy) is 1. The van der Waals surface area contributed by atoms with Gasteiger partial charge in [0.1, 0.15) is 17.9 Å². The highest BCUT2D eigenvalue weighted by Gasteiger charge is 2.19. The third-order valence-corrected chi connectivity index (χ3v) is 2.58. The van der Waals surface area contributed by atoms with Crippen LogP contribution in [-0.2, 0) is 6.61 Å². The minimum Gasteiger partial charge on any atom is -0.486 e. The van der Waals surface area contributed by atoms with Crippen LogP contribution in [-0.4, -0.2) is 16.2 Å². The number of hydrogen-bond acceptors (Lipinski definition) is 4. The average Bonchev–Trinajstić information content (AvgIpc) is 2.70. The quantitative estimate of drug-likeness (QED) is 0.922. The Hall–Kier alpha value is -2.01. The van der Waals surface area contributed by atoms with Crippen LogP contribution in [0.2, 0.25) is 5.02 Å². The molecule has 1 N–H and O–H groups in total. The Morgan fingerprint density at radius 1 is 1.44 bits per heavy atom. The largest absolute Gasteiger partial charge is 0.486 e. The molecule has 6 heteroatoms. The number of carboxylic acids is 1. The zero-order chi connectivity index (χ0) is 13.1. The number of nitrogens with zero attached hydrogens (tertiary/aromatic N) is 1. The van der Waals surface area contributed by atoms with Gasteiger partial charge in [-0.1, -0.05) is 16.8 Å². The van der Waals surface area contributed by atoms with Crippen molar-refractivity contribution in [3.8, 4) is 5.75 Å². The molecule has 18 heavy (non-hydrogen) atoms. The van der Waals surface area contributed by atoms with E-state index in [-0.39, 0.29) is 17.9 Å². The highest BCUT2D eigenvalue weighted by atomic mass is 35.5. The Labute approximate surface area is 108 Å². The number of rotatable bonds is 4. The van der Waals surface area contributed by atoms with Crippen molar-refractivity contribution in [1.82, 2.24) is 5.16 Å². The third kappa shape index (κ3) is 2.62. The van der Waals surface area contributed by atoms with E-state index in [9.17, 15) is 4.79 Å². The molecular formula is C12H10ClNO4. The minimum absolute atomic E-state index is 0.00407. The zero-order valence-corrected chi connectivity index (χ0v) is 10.3. The Bertz CT molecular complexity index is 562. The summed E-state index contributed by atoms with van der Waals surface area (Å²) in [6.45, 7) is 1.57. The smallest absolute Gasteiger partial charge is 0.341 e.